The van der Waals surface area contributed by atoms with E-state index in [1.165, 1.54) is 0 Å². The standard InChI is InChI=1S/C23H31N7O2/c1-3-30(4-2)22-15-21(26-23(27-22)32-14-11-29-9-12-31-13-10-29)28-25-17-18-16-24-20-8-6-5-7-19(18)20/h5-8,15-16,24H,3-4,9-14,17H2,1-2H3. The second-order valence-electron chi connectivity index (χ2n) is 7.60. The van der Waals surface area contributed by atoms with Crippen LogP contribution in [0, 0.1) is 0 Å². The van der Waals surface area contributed by atoms with Gasteiger partial charge in [0.15, 0.2) is 5.82 Å². The van der Waals surface area contributed by atoms with Crippen molar-refractivity contribution >= 4 is 22.5 Å². The van der Waals surface area contributed by atoms with Crippen molar-refractivity contribution in [3.8, 4) is 6.01 Å². The number of hydrogen-bond donors (Lipinski definition) is 1. The largest absolute Gasteiger partial charge is 0.462 e. The van der Waals surface area contributed by atoms with Crippen molar-refractivity contribution < 1.29 is 9.47 Å². The zero-order valence-electron chi connectivity index (χ0n) is 18.8. The SMILES string of the molecule is CCN(CC)c1cc(N=NCc2c[nH]c3ccccc23)nc(OCCN2CCOCC2)n1. The van der Waals surface area contributed by atoms with E-state index in [0.717, 1.165) is 68.2 Å². The molecular weight excluding hydrogens is 406 g/mol. The Morgan fingerprint density at radius 3 is 2.78 bits per heavy atom. The molecule has 1 aliphatic rings. The average Bonchev–Trinajstić information content (AvgIpc) is 3.24. The topological polar surface area (TPSA) is 91.2 Å². The number of nitrogens with one attached hydrogen (secondary N) is 1. The molecule has 1 aromatic carbocycles. The summed E-state index contributed by atoms with van der Waals surface area (Å²) in [5.41, 5.74) is 2.20. The van der Waals surface area contributed by atoms with Crippen LogP contribution in [0.3, 0.4) is 0 Å². The molecule has 0 aliphatic carbocycles. The molecule has 3 aromatic rings. The maximum absolute atomic E-state index is 5.90. The van der Waals surface area contributed by atoms with Gasteiger partial charge in [0.1, 0.15) is 12.4 Å². The third-order valence-electron chi connectivity index (χ3n) is 5.60. The van der Waals surface area contributed by atoms with Gasteiger partial charge in [-0.3, -0.25) is 4.90 Å². The van der Waals surface area contributed by atoms with Crippen LogP contribution < -0.4 is 9.64 Å². The van der Waals surface area contributed by atoms with Crippen LogP contribution in [0.5, 0.6) is 6.01 Å². The highest BCUT2D eigenvalue weighted by molar-refractivity contribution is 5.82. The third-order valence-corrected chi connectivity index (χ3v) is 5.60. The van der Waals surface area contributed by atoms with E-state index in [9.17, 15) is 0 Å². The molecule has 32 heavy (non-hydrogen) atoms. The van der Waals surface area contributed by atoms with E-state index in [1.54, 1.807) is 0 Å². The van der Waals surface area contributed by atoms with Crippen molar-refractivity contribution in [2.75, 3.05) is 57.4 Å². The number of ether oxygens (including phenoxy) is 2. The van der Waals surface area contributed by atoms with Gasteiger partial charge in [-0.05, 0) is 19.9 Å². The van der Waals surface area contributed by atoms with Crippen LogP contribution in [0.25, 0.3) is 10.9 Å². The normalized spacial score (nSPS) is 14.9. The van der Waals surface area contributed by atoms with Crippen LogP contribution in [0.1, 0.15) is 19.4 Å². The summed E-state index contributed by atoms with van der Waals surface area (Å²) in [5, 5.41) is 9.94. The van der Waals surface area contributed by atoms with E-state index in [-0.39, 0.29) is 0 Å². The Kier molecular flexibility index (Phi) is 7.63. The molecule has 1 saturated heterocycles. The van der Waals surface area contributed by atoms with Crippen LogP contribution in [0.15, 0.2) is 46.8 Å². The van der Waals surface area contributed by atoms with Gasteiger partial charge >= 0.3 is 6.01 Å². The summed E-state index contributed by atoms with van der Waals surface area (Å²) in [6.45, 7) is 11.1. The third kappa shape index (κ3) is 5.60. The molecule has 0 saturated carbocycles. The summed E-state index contributed by atoms with van der Waals surface area (Å²) < 4.78 is 11.3. The molecule has 0 spiro atoms. The molecule has 170 valence electrons. The number of fused-ring (bicyclic) bond motifs is 1. The molecule has 1 N–H and O–H groups in total. The molecule has 4 rings (SSSR count). The van der Waals surface area contributed by atoms with Crippen molar-refractivity contribution in [2.24, 2.45) is 10.2 Å². The van der Waals surface area contributed by atoms with E-state index in [2.05, 4.69) is 61.0 Å². The maximum atomic E-state index is 5.90. The number of benzene rings is 1. The van der Waals surface area contributed by atoms with Crippen molar-refractivity contribution in [3.05, 3.63) is 42.1 Å². The van der Waals surface area contributed by atoms with E-state index in [1.807, 2.05) is 24.4 Å². The number of H-pyrrole nitrogens is 1. The summed E-state index contributed by atoms with van der Waals surface area (Å²) >= 11 is 0. The Morgan fingerprint density at radius 1 is 1.16 bits per heavy atom. The zero-order valence-corrected chi connectivity index (χ0v) is 18.8. The smallest absolute Gasteiger partial charge is 0.320 e. The predicted octanol–water partition coefficient (Wildman–Crippen LogP) is 3.80. The summed E-state index contributed by atoms with van der Waals surface area (Å²) in [6.07, 6.45) is 1.98. The van der Waals surface area contributed by atoms with Gasteiger partial charge < -0.3 is 19.4 Å². The van der Waals surface area contributed by atoms with Gasteiger partial charge in [-0.1, -0.05) is 18.2 Å². The first-order valence-electron chi connectivity index (χ1n) is 11.3. The number of morpholine rings is 1. The lowest BCUT2D eigenvalue weighted by atomic mass is 10.2. The van der Waals surface area contributed by atoms with Gasteiger partial charge in [0, 0.05) is 61.5 Å². The van der Waals surface area contributed by atoms with Gasteiger partial charge in [-0.25, -0.2) is 0 Å². The minimum atomic E-state index is 0.337. The number of anilines is 1. The molecule has 0 amide bonds. The maximum Gasteiger partial charge on any atom is 0.320 e. The lowest BCUT2D eigenvalue weighted by Gasteiger charge is -2.26. The fraction of sp³-hybridized carbons (Fsp3) is 0.478. The van der Waals surface area contributed by atoms with E-state index in [4.69, 9.17) is 9.47 Å². The number of azo groups is 1. The van der Waals surface area contributed by atoms with Gasteiger partial charge in [0.05, 0.1) is 19.8 Å². The number of rotatable bonds is 10. The van der Waals surface area contributed by atoms with Gasteiger partial charge in [0.25, 0.3) is 0 Å². The predicted molar refractivity (Wildman–Crippen MR) is 125 cm³/mol. The first-order chi connectivity index (χ1) is 15.8. The molecule has 0 atom stereocenters. The number of aromatic amines is 1. The average molecular weight is 438 g/mol. The van der Waals surface area contributed by atoms with Gasteiger partial charge in [-0.2, -0.15) is 15.1 Å². The Hall–Kier alpha value is -3.04. The Bertz CT molecular complexity index is 1030. The van der Waals surface area contributed by atoms with Crippen molar-refractivity contribution in [1.29, 1.82) is 0 Å². The highest BCUT2D eigenvalue weighted by Crippen LogP contribution is 2.23. The van der Waals surface area contributed by atoms with Crippen LogP contribution in [0.2, 0.25) is 0 Å². The van der Waals surface area contributed by atoms with Crippen molar-refractivity contribution in [1.82, 2.24) is 19.9 Å². The minimum absolute atomic E-state index is 0.337. The second-order valence-corrected chi connectivity index (χ2v) is 7.60. The fourth-order valence-corrected chi connectivity index (χ4v) is 3.76. The number of hydrogen-bond acceptors (Lipinski definition) is 8. The minimum Gasteiger partial charge on any atom is -0.462 e. The summed E-state index contributed by atoms with van der Waals surface area (Å²) in [6, 6.07) is 10.4. The first kappa shape index (κ1) is 22.2. The molecule has 3 heterocycles. The second kappa shape index (κ2) is 11.0. The molecular formula is C23H31N7O2. The number of nitrogens with zero attached hydrogens (tertiary/aromatic N) is 6. The van der Waals surface area contributed by atoms with Crippen molar-refractivity contribution in [2.45, 2.75) is 20.4 Å². The van der Waals surface area contributed by atoms with E-state index >= 15 is 0 Å². The lowest BCUT2D eigenvalue weighted by molar-refractivity contribution is 0.0317. The van der Waals surface area contributed by atoms with Crippen LogP contribution in [-0.4, -0.2) is 72.4 Å². The molecule has 1 aliphatic heterocycles. The van der Waals surface area contributed by atoms with Crippen LogP contribution in [0.4, 0.5) is 11.6 Å². The molecule has 0 unspecified atom stereocenters. The fourth-order valence-electron chi connectivity index (χ4n) is 3.76. The molecule has 9 nitrogen and oxygen atoms in total. The summed E-state index contributed by atoms with van der Waals surface area (Å²) in [7, 11) is 0. The highest BCUT2D eigenvalue weighted by Gasteiger charge is 2.13. The number of para-hydroxylation sites is 1. The Balaban J connectivity index is 1.46. The van der Waals surface area contributed by atoms with Gasteiger partial charge in [0.2, 0.25) is 0 Å². The van der Waals surface area contributed by atoms with Crippen LogP contribution in [-0.2, 0) is 11.3 Å². The molecule has 1 fully saturated rings. The molecule has 9 heteroatoms. The van der Waals surface area contributed by atoms with Crippen LogP contribution >= 0.6 is 0 Å². The van der Waals surface area contributed by atoms with E-state index < -0.39 is 0 Å². The quantitative estimate of drug-likeness (QED) is 0.485. The lowest BCUT2D eigenvalue weighted by Crippen LogP contribution is -2.38. The summed E-state index contributed by atoms with van der Waals surface area (Å²) in [4.78, 5) is 16.8. The monoisotopic (exact) mass is 437 g/mol. The molecule has 0 radical (unpaired) electrons. The Morgan fingerprint density at radius 2 is 1.97 bits per heavy atom. The van der Waals surface area contributed by atoms with Crippen molar-refractivity contribution in [3.63, 3.8) is 0 Å². The van der Waals surface area contributed by atoms with Gasteiger partial charge in [-0.15, -0.1) is 5.11 Å². The molecule has 0 bridgehead atoms. The Labute approximate surface area is 188 Å². The van der Waals surface area contributed by atoms with E-state index in [0.29, 0.717) is 25.0 Å². The summed E-state index contributed by atoms with van der Waals surface area (Å²) in [5.74, 6) is 1.30. The first-order valence-corrected chi connectivity index (χ1v) is 11.3. The zero-order chi connectivity index (χ0) is 22.2. The number of aromatic nitrogens is 3. The molecule has 2 aromatic heterocycles. The highest BCUT2D eigenvalue weighted by atomic mass is 16.5.